The van der Waals surface area contributed by atoms with Gasteiger partial charge in [-0.15, -0.1) is 0 Å². The van der Waals surface area contributed by atoms with E-state index < -0.39 is 11.2 Å². The minimum absolute atomic E-state index is 0.0548. The largest absolute Gasteiger partial charge is 0.347 e. The van der Waals surface area contributed by atoms with Crippen molar-refractivity contribution in [2.45, 2.75) is 25.4 Å². The van der Waals surface area contributed by atoms with Gasteiger partial charge in [0.1, 0.15) is 6.54 Å². The first-order valence-corrected chi connectivity index (χ1v) is 9.40. The number of benzene rings is 1. The normalized spacial score (nSPS) is 15.0. The van der Waals surface area contributed by atoms with E-state index in [1.165, 1.54) is 22.5 Å². The molecule has 1 amide bonds. The molecule has 28 heavy (non-hydrogen) atoms. The maximum Gasteiger partial charge on any atom is 0.332 e. The maximum atomic E-state index is 12.7. The van der Waals surface area contributed by atoms with E-state index in [1.807, 2.05) is 24.3 Å². The first-order chi connectivity index (χ1) is 13.4. The molecule has 8 nitrogen and oxygen atoms in total. The standard InChI is InChI=1S/C19H20ClN5O3/c1-23-17-16(18(27)24(2)19(23)28)25(10-21-17)9-14(26)22-15(11-3-4-11)12-5-7-13(20)8-6-12/h5-8,10-11,15H,3-4,9H2,1-2H3,(H,22,26)/t15-/m0/s1. The summed E-state index contributed by atoms with van der Waals surface area (Å²) in [6.45, 7) is -0.0548. The Morgan fingerprint density at radius 3 is 2.54 bits per heavy atom. The Bertz CT molecular complexity index is 1170. The van der Waals surface area contributed by atoms with E-state index >= 15 is 0 Å². The van der Waals surface area contributed by atoms with E-state index in [-0.39, 0.29) is 29.7 Å². The summed E-state index contributed by atoms with van der Waals surface area (Å²) in [7, 11) is 2.95. The number of imidazole rings is 1. The van der Waals surface area contributed by atoms with Gasteiger partial charge in [-0.05, 0) is 36.5 Å². The van der Waals surface area contributed by atoms with E-state index in [2.05, 4.69) is 10.3 Å². The molecule has 146 valence electrons. The lowest BCUT2D eigenvalue weighted by Crippen LogP contribution is -2.38. The van der Waals surface area contributed by atoms with Crippen LogP contribution >= 0.6 is 11.6 Å². The van der Waals surface area contributed by atoms with Crippen LogP contribution in [0.3, 0.4) is 0 Å². The van der Waals surface area contributed by atoms with Crippen LogP contribution in [0.15, 0.2) is 40.2 Å². The fourth-order valence-corrected chi connectivity index (χ4v) is 3.59. The summed E-state index contributed by atoms with van der Waals surface area (Å²) in [5.74, 6) is 0.181. The third-order valence-electron chi connectivity index (χ3n) is 5.17. The van der Waals surface area contributed by atoms with Crippen molar-refractivity contribution in [1.82, 2.24) is 24.0 Å². The van der Waals surface area contributed by atoms with Crippen LogP contribution in [0.5, 0.6) is 0 Å². The highest BCUT2D eigenvalue weighted by atomic mass is 35.5. The molecule has 3 aromatic rings. The Hall–Kier alpha value is -2.87. The van der Waals surface area contributed by atoms with Gasteiger partial charge in [-0.3, -0.25) is 18.7 Å². The summed E-state index contributed by atoms with van der Waals surface area (Å²) in [6.07, 6.45) is 3.54. The van der Waals surface area contributed by atoms with E-state index in [9.17, 15) is 14.4 Å². The van der Waals surface area contributed by atoms with E-state index in [0.717, 1.165) is 23.0 Å². The molecule has 1 N–H and O–H groups in total. The number of nitrogens with one attached hydrogen (secondary N) is 1. The Balaban J connectivity index is 1.61. The number of halogens is 1. The monoisotopic (exact) mass is 401 g/mol. The molecule has 1 atom stereocenters. The third-order valence-corrected chi connectivity index (χ3v) is 5.42. The summed E-state index contributed by atoms with van der Waals surface area (Å²) in [6, 6.07) is 7.37. The van der Waals surface area contributed by atoms with Crippen molar-refractivity contribution < 1.29 is 4.79 Å². The number of hydrogen-bond acceptors (Lipinski definition) is 4. The van der Waals surface area contributed by atoms with Crippen LogP contribution in [0.1, 0.15) is 24.4 Å². The molecule has 1 aliphatic carbocycles. The van der Waals surface area contributed by atoms with Crippen molar-refractivity contribution in [1.29, 1.82) is 0 Å². The second-order valence-electron chi connectivity index (χ2n) is 7.18. The van der Waals surface area contributed by atoms with Gasteiger partial charge in [-0.25, -0.2) is 9.78 Å². The van der Waals surface area contributed by atoms with E-state index in [4.69, 9.17) is 11.6 Å². The minimum Gasteiger partial charge on any atom is -0.347 e. The van der Waals surface area contributed by atoms with Crippen LogP contribution in [0.2, 0.25) is 5.02 Å². The minimum atomic E-state index is -0.472. The SMILES string of the molecule is Cn1c(=O)c2c(ncn2CC(=O)N[C@H](c2ccc(Cl)cc2)C2CC2)n(C)c1=O. The molecule has 2 aromatic heterocycles. The lowest BCUT2D eigenvalue weighted by atomic mass is 10.0. The highest BCUT2D eigenvalue weighted by molar-refractivity contribution is 6.30. The molecule has 1 aromatic carbocycles. The Labute approximate surface area is 165 Å². The van der Waals surface area contributed by atoms with Crippen LogP contribution in [0.25, 0.3) is 11.2 Å². The number of carbonyl (C=O) groups excluding carboxylic acids is 1. The molecule has 0 unspecified atom stereocenters. The van der Waals surface area contributed by atoms with Crippen molar-refractivity contribution in [3.05, 3.63) is 62.0 Å². The fourth-order valence-electron chi connectivity index (χ4n) is 3.46. The molecule has 1 aliphatic rings. The van der Waals surface area contributed by atoms with Crippen LogP contribution in [-0.4, -0.2) is 24.6 Å². The van der Waals surface area contributed by atoms with Crippen molar-refractivity contribution in [3.63, 3.8) is 0 Å². The average Bonchev–Trinajstić information content (AvgIpc) is 3.44. The Kier molecular flexibility index (Phi) is 4.58. The van der Waals surface area contributed by atoms with Gasteiger partial charge in [0.05, 0.1) is 12.4 Å². The zero-order valence-corrected chi connectivity index (χ0v) is 16.3. The summed E-state index contributed by atoms with van der Waals surface area (Å²) >= 11 is 5.97. The summed E-state index contributed by atoms with van der Waals surface area (Å²) in [4.78, 5) is 41.4. The first kappa shape index (κ1) is 18.5. The van der Waals surface area contributed by atoms with Gasteiger partial charge in [-0.1, -0.05) is 23.7 Å². The molecule has 0 spiro atoms. The molecule has 9 heteroatoms. The Morgan fingerprint density at radius 1 is 1.21 bits per heavy atom. The molecule has 0 saturated heterocycles. The zero-order valence-electron chi connectivity index (χ0n) is 15.6. The molecule has 2 heterocycles. The van der Waals surface area contributed by atoms with Gasteiger partial charge >= 0.3 is 5.69 Å². The molecular formula is C19H20ClN5O3. The predicted octanol–water partition coefficient (Wildman–Crippen LogP) is 1.35. The van der Waals surface area contributed by atoms with Crippen LogP contribution in [0, 0.1) is 5.92 Å². The zero-order chi connectivity index (χ0) is 20.0. The van der Waals surface area contributed by atoms with Gasteiger partial charge in [0.25, 0.3) is 5.56 Å². The van der Waals surface area contributed by atoms with Crippen molar-refractivity contribution in [3.8, 4) is 0 Å². The van der Waals surface area contributed by atoms with Crippen molar-refractivity contribution >= 4 is 28.7 Å². The lowest BCUT2D eigenvalue weighted by molar-refractivity contribution is -0.122. The smallest absolute Gasteiger partial charge is 0.332 e. The van der Waals surface area contributed by atoms with Crippen molar-refractivity contribution in [2.24, 2.45) is 20.0 Å². The van der Waals surface area contributed by atoms with Crippen molar-refractivity contribution in [2.75, 3.05) is 0 Å². The maximum absolute atomic E-state index is 12.7. The number of hydrogen-bond donors (Lipinski definition) is 1. The number of fused-ring (bicyclic) bond motifs is 1. The molecular weight excluding hydrogens is 382 g/mol. The van der Waals surface area contributed by atoms with E-state index in [0.29, 0.717) is 10.9 Å². The van der Waals surface area contributed by atoms with Crippen LogP contribution in [-0.2, 0) is 25.4 Å². The molecule has 0 bridgehead atoms. The molecule has 1 saturated carbocycles. The molecule has 0 aliphatic heterocycles. The van der Waals surface area contributed by atoms with E-state index in [1.54, 1.807) is 7.05 Å². The fraction of sp³-hybridized carbons (Fsp3) is 0.368. The predicted molar refractivity (Wildman–Crippen MR) is 105 cm³/mol. The van der Waals surface area contributed by atoms with Gasteiger partial charge in [0.15, 0.2) is 11.2 Å². The van der Waals surface area contributed by atoms with Gasteiger partial charge in [0, 0.05) is 19.1 Å². The number of amides is 1. The Morgan fingerprint density at radius 2 is 1.89 bits per heavy atom. The van der Waals surface area contributed by atoms with Gasteiger partial charge in [-0.2, -0.15) is 0 Å². The second kappa shape index (κ2) is 6.94. The molecule has 4 rings (SSSR count). The summed E-state index contributed by atoms with van der Waals surface area (Å²) < 4.78 is 3.79. The molecule has 1 fully saturated rings. The average molecular weight is 402 g/mol. The number of carbonyl (C=O) groups is 1. The quantitative estimate of drug-likeness (QED) is 0.698. The first-order valence-electron chi connectivity index (χ1n) is 9.02. The number of nitrogens with zero attached hydrogens (tertiary/aromatic N) is 4. The second-order valence-corrected chi connectivity index (χ2v) is 7.62. The number of aromatic nitrogens is 4. The topological polar surface area (TPSA) is 90.9 Å². The summed E-state index contributed by atoms with van der Waals surface area (Å²) in [5.41, 5.74) is 0.573. The molecule has 0 radical (unpaired) electrons. The number of rotatable bonds is 5. The lowest BCUT2D eigenvalue weighted by Gasteiger charge is -2.19. The highest BCUT2D eigenvalue weighted by Crippen LogP contribution is 2.41. The van der Waals surface area contributed by atoms with Gasteiger partial charge in [0.2, 0.25) is 5.91 Å². The van der Waals surface area contributed by atoms with Crippen LogP contribution < -0.4 is 16.6 Å². The van der Waals surface area contributed by atoms with Gasteiger partial charge < -0.3 is 9.88 Å². The van der Waals surface area contributed by atoms with Crippen LogP contribution in [0.4, 0.5) is 0 Å². The number of aryl methyl sites for hydroxylation is 1. The third kappa shape index (κ3) is 3.24. The highest BCUT2D eigenvalue weighted by Gasteiger charge is 2.33. The summed E-state index contributed by atoms with van der Waals surface area (Å²) in [5, 5.41) is 3.72.